The number of benzene rings is 2. The first-order valence-electron chi connectivity index (χ1n) is 7.03. The van der Waals surface area contributed by atoms with Gasteiger partial charge >= 0.3 is 0 Å². The van der Waals surface area contributed by atoms with Crippen molar-refractivity contribution >= 4 is 0 Å². The van der Waals surface area contributed by atoms with Gasteiger partial charge in [-0.1, -0.05) is 24.3 Å². The van der Waals surface area contributed by atoms with E-state index in [9.17, 15) is 0 Å². The molecule has 0 aromatic heterocycles. The van der Waals surface area contributed by atoms with Gasteiger partial charge in [0, 0.05) is 6.42 Å². The van der Waals surface area contributed by atoms with Gasteiger partial charge < -0.3 is 14.2 Å². The standard InChI is InChI=1S/C18H20O3/c1-2-13-19-14-6-15-20-16-9-11-18(12-10-16)21-17-7-4-3-5-8-17/h2-5,7-12H,1,6,13-15H2. The van der Waals surface area contributed by atoms with E-state index in [0.717, 1.165) is 23.7 Å². The van der Waals surface area contributed by atoms with E-state index in [1.807, 2.05) is 54.6 Å². The maximum absolute atomic E-state index is 5.72. The van der Waals surface area contributed by atoms with Gasteiger partial charge in [0.15, 0.2) is 0 Å². The lowest BCUT2D eigenvalue weighted by molar-refractivity contribution is 0.143. The van der Waals surface area contributed by atoms with Crippen molar-refractivity contribution in [3.63, 3.8) is 0 Å². The zero-order chi connectivity index (χ0) is 14.8. The van der Waals surface area contributed by atoms with Crippen LogP contribution in [0, 0.1) is 0 Å². The van der Waals surface area contributed by atoms with Crippen molar-refractivity contribution < 1.29 is 14.2 Å². The molecule has 0 amide bonds. The molecular formula is C18H20O3. The van der Waals surface area contributed by atoms with E-state index >= 15 is 0 Å². The molecule has 0 bridgehead atoms. The van der Waals surface area contributed by atoms with Crippen LogP contribution in [0.4, 0.5) is 0 Å². The molecule has 2 aromatic rings. The summed E-state index contributed by atoms with van der Waals surface area (Å²) in [5.74, 6) is 2.45. The van der Waals surface area contributed by atoms with Crippen molar-refractivity contribution in [2.75, 3.05) is 19.8 Å². The minimum absolute atomic E-state index is 0.589. The summed E-state index contributed by atoms with van der Waals surface area (Å²) in [6.45, 7) is 5.50. The van der Waals surface area contributed by atoms with Crippen LogP contribution in [0.15, 0.2) is 67.3 Å². The van der Waals surface area contributed by atoms with Crippen LogP contribution in [0.3, 0.4) is 0 Å². The van der Waals surface area contributed by atoms with Crippen LogP contribution in [-0.2, 0) is 4.74 Å². The molecule has 3 nitrogen and oxygen atoms in total. The van der Waals surface area contributed by atoms with Gasteiger partial charge in [0.2, 0.25) is 0 Å². The van der Waals surface area contributed by atoms with Gasteiger partial charge in [-0.25, -0.2) is 0 Å². The largest absolute Gasteiger partial charge is 0.494 e. The third-order valence-corrected chi connectivity index (χ3v) is 2.74. The molecule has 2 aromatic carbocycles. The van der Waals surface area contributed by atoms with Gasteiger partial charge in [0.1, 0.15) is 17.2 Å². The Bertz CT molecular complexity index is 520. The summed E-state index contributed by atoms with van der Waals surface area (Å²) in [5, 5.41) is 0. The number of hydrogen-bond donors (Lipinski definition) is 0. The second kappa shape index (κ2) is 8.82. The van der Waals surface area contributed by atoms with Crippen LogP contribution in [-0.4, -0.2) is 19.8 Å². The highest BCUT2D eigenvalue weighted by Gasteiger charge is 1.98. The zero-order valence-electron chi connectivity index (χ0n) is 12.0. The quantitative estimate of drug-likeness (QED) is 0.503. The Hall–Kier alpha value is -2.26. The van der Waals surface area contributed by atoms with Gasteiger partial charge in [0.25, 0.3) is 0 Å². The topological polar surface area (TPSA) is 27.7 Å². The van der Waals surface area contributed by atoms with Crippen LogP contribution in [0.25, 0.3) is 0 Å². The third-order valence-electron chi connectivity index (χ3n) is 2.74. The van der Waals surface area contributed by atoms with Crippen LogP contribution in [0.2, 0.25) is 0 Å². The van der Waals surface area contributed by atoms with Crippen LogP contribution < -0.4 is 9.47 Å². The van der Waals surface area contributed by atoms with Crippen LogP contribution >= 0.6 is 0 Å². The Morgan fingerprint density at radius 3 is 2.19 bits per heavy atom. The molecule has 21 heavy (non-hydrogen) atoms. The van der Waals surface area contributed by atoms with Crippen molar-refractivity contribution in [3.8, 4) is 17.2 Å². The van der Waals surface area contributed by atoms with Gasteiger partial charge in [-0.3, -0.25) is 0 Å². The number of rotatable bonds is 9. The van der Waals surface area contributed by atoms with E-state index in [0.29, 0.717) is 19.8 Å². The van der Waals surface area contributed by atoms with Gasteiger partial charge in [-0.15, -0.1) is 6.58 Å². The molecule has 0 aliphatic heterocycles. The normalized spacial score (nSPS) is 10.1. The van der Waals surface area contributed by atoms with E-state index in [-0.39, 0.29) is 0 Å². The van der Waals surface area contributed by atoms with E-state index in [2.05, 4.69) is 6.58 Å². The molecule has 2 rings (SSSR count). The minimum atomic E-state index is 0.589. The van der Waals surface area contributed by atoms with E-state index in [1.54, 1.807) is 6.08 Å². The van der Waals surface area contributed by atoms with Crippen molar-refractivity contribution in [2.45, 2.75) is 6.42 Å². The average Bonchev–Trinajstić information content (AvgIpc) is 2.53. The minimum Gasteiger partial charge on any atom is -0.494 e. The predicted octanol–water partition coefficient (Wildman–Crippen LogP) is 4.45. The Balaban J connectivity index is 1.73. The SMILES string of the molecule is C=CCOCCCOc1ccc(Oc2ccccc2)cc1. The Labute approximate surface area is 125 Å². The summed E-state index contributed by atoms with van der Waals surface area (Å²) in [7, 11) is 0. The molecule has 0 heterocycles. The molecule has 0 N–H and O–H groups in total. The molecule has 110 valence electrons. The lowest BCUT2D eigenvalue weighted by Crippen LogP contribution is -2.02. The molecule has 0 fully saturated rings. The summed E-state index contributed by atoms with van der Waals surface area (Å²) < 4.78 is 16.6. The maximum Gasteiger partial charge on any atom is 0.127 e. The van der Waals surface area contributed by atoms with Crippen molar-refractivity contribution in [3.05, 3.63) is 67.3 Å². The van der Waals surface area contributed by atoms with Gasteiger partial charge in [-0.05, 0) is 36.4 Å². The smallest absolute Gasteiger partial charge is 0.127 e. The summed E-state index contributed by atoms with van der Waals surface area (Å²) in [5.41, 5.74) is 0. The van der Waals surface area contributed by atoms with Crippen molar-refractivity contribution in [1.82, 2.24) is 0 Å². The third kappa shape index (κ3) is 5.71. The molecule has 0 spiro atoms. The van der Waals surface area contributed by atoms with Gasteiger partial charge in [0.05, 0.1) is 19.8 Å². The highest BCUT2D eigenvalue weighted by atomic mass is 16.5. The lowest BCUT2D eigenvalue weighted by atomic mass is 10.3. The Kier molecular flexibility index (Phi) is 6.36. The highest BCUT2D eigenvalue weighted by molar-refractivity contribution is 5.35. The van der Waals surface area contributed by atoms with E-state index in [4.69, 9.17) is 14.2 Å². The Morgan fingerprint density at radius 1 is 0.810 bits per heavy atom. The van der Waals surface area contributed by atoms with E-state index < -0.39 is 0 Å². The molecule has 0 atom stereocenters. The zero-order valence-corrected chi connectivity index (χ0v) is 12.0. The molecule has 0 saturated carbocycles. The van der Waals surface area contributed by atoms with Crippen molar-refractivity contribution in [2.24, 2.45) is 0 Å². The molecule has 0 radical (unpaired) electrons. The average molecular weight is 284 g/mol. The predicted molar refractivity (Wildman–Crippen MR) is 84.1 cm³/mol. The second-order valence-corrected chi connectivity index (χ2v) is 4.45. The van der Waals surface area contributed by atoms with Crippen molar-refractivity contribution in [1.29, 1.82) is 0 Å². The summed E-state index contributed by atoms with van der Waals surface area (Å²) in [4.78, 5) is 0. The fraction of sp³-hybridized carbons (Fsp3) is 0.222. The molecule has 0 saturated heterocycles. The molecule has 3 heteroatoms. The van der Waals surface area contributed by atoms with Crippen LogP contribution in [0.1, 0.15) is 6.42 Å². The maximum atomic E-state index is 5.72. The fourth-order valence-corrected chi connectivity index (χ4v) is 1.75. The highest BCUT2D eigenvalue weighted by Crippen LogP contribution is 2.23. The molecule has 0 aliphatic carbocycles. The monoisotopic (exact) mass is 284 g/mol. The number of hydrogen-bond acceptors (Lipinski definition) is 3. The molecule has 0 aliphatic rings. The van der Waals surface area contributed by atoms with Crippen LogP contribution in [0.5, 0.6) is 17.2 Å². The van der Waals surface area contributed by atoms with Gasteiger partial charge in [-0.2, -0.15) is 0 Å². The number of para-hydroxylation sites is 1. The first kappa shape index (κ1) is 15.1. The summed E-state index contributed by atoms with van der Waals surface area (Å²) >= 11 is 0. The molecule has 0 unspecified atom stereocenters. The second-order valence-electron chi connectivity index (χ2n) is 4.45. The first-order chi connectivity index (χ1) is 10.4. The summed E-state index contributed by atoms with van der Waals surface area (Å²) in [6.07, 6.45) is 2.60. The van der Waals surface area contributed by atoms with E-state index in [1.165, 1.54) is 0 Å². The lowest BCUT2D eigenvalue weighted by Gasteiger charge is -2.08. The first-order valence-corrected chi connectivity index (χ1v) is 7.03. The Morgan fingerprint density at radius 2 is 1.48 bits per heavy atom. The number of ether oxygens (including phenoxy) is 3. The fourth-order valence-electron chi connectivity index (χ4n) is 1.75. The molecular weight excluding hydrogens is 264 g/mol. The summed E-state index contributed by atoms with van der Waals surface area (Å²) in [6, 6.07) is 17.3.